The number of benzene rings is 1. The van der Waals surface area contributed by atoms with Gasteiger partial charge in [-0.1, -0.05) is 38.1 Å². The van der Waals surface area contributed by atoms with Crippen molar-refractivity contribution in [2.45, 2.75) is 32.6 Å². The molecule has 0 aliphatic heterocycles. The Morgan fingerprint density at radius 1 is 1.33 bits per heavy atom. The van der Waals surface area contributed by atoms with Crippen LogP contribution in [0.5, 0.6) is 0 Å². The Kier molecular flexibility index (Phi) is 4.89. The molecule has 82 valence electrons. The van der Waals surface area contributed by atoms with Crippen LogP contribution in [0.15, 0.2) is 24.3 Å². The lowest BCUT2D eigenvalue weighted by Crippen LogP contribution is -2.00. The Labute approximate surface area is 97.3 Å². The molecule has 15 heavy (non-hydrogen) atoms. The molecule has 2 heteroatoms. The van der Waals surface area contributed by atoms with E-state index in [4.69, 9.17) is 0 Å². The minimum Gasteiger partial charge on any atom is -0.294 e. The monoisotopic (exact) mass is 222 g/mol. The molecule has 0 N–H and O–H groups in total. The maximum atomic E-state index is 11.5. The summed E-state index contributed by atoms with van der Waals surface area (Å²) in [4.78, 5) is 11.5. The number of Topliss-reactive ketones (excluding diaryl/α,β-unsaturated/α-hetero) is 1. The third-order valence-electron chi connectivity index (χ3n) is 2.75. The van der Waals surface area contributed by atoms with Crippen LogP contribution in [0, 0.1) is 0 Å². The van der Waals surface area contributed by atoms with Gasteiger partial charge in [0.15, 0.2) is 5.78 Å². The Balaban J connectivity index is 2.76. The van der Waals surface area contributed by atoms with E-state index in [1.165, 1.54) is 5.56 Å². The van der Waals surface area contributed by atoms with E-state index in [1.54, 1.807) is 0 Å². The Hall–Kier alpha value is -0.760. The second kappa shape index (κ2) is 5.96. The molecule has 0 fully saturated rings. The van der Waals surface area contributed by atoms with Gasteiger partial charge in [-0.2, -0.15) is 12.6 Å². The average molecular weight is 222 g/mol. The van der Waals surface area contributed by atoms with Crippen molar-refractivity contribution in [2.75, 3.05) is 5.75 Å². The van der Waals surface area contributed by atoms with E-state index in [0.717, 1.165) is 12.0 Å². The van der Waals surface area contributed by atoms with E-state index in [9.17, 15) is 4.79 Å². The zero-order valence-corrected chi connectivity index (χ0v) is 10.3. The first-order valence-corrected chi connectivity index (χ1v) is 6.06. The van der Waals surface area contributed by atoms with Gasteiger partial charge >= 0.3 is 0 Å². The minimum absolute atomic E-state index is 0.181. The van der Waals surface area contributed by atoms with Crippen LogP contribution in [0.1, 0.15) is 48.5 Å². The predicted molar refractivity (Wildman–Crippen MR) is 67.9 cm³/mol. The maximum absolute atomic E-state index is 11.5. The average Bonchev–Trinajstić information content (AvgIpc) is 2.28. The summed E-state index contributed by atoms with van der Waals surface area (Å²) in [6, 6.07) is 7.96. The molecule has 0 aromatic heterocycles. The summed E-state index contributed by atoms with van der Waals surface area (Å²) in [5.74, 6) is 1.37. The Morgan fingerprint density at radius 3 is 2.40 bits per heavy atom. The van der Waals surface area contributed by atoms with Crippen molar-refractivity contribution in [3.63, 3.8) is 0 Å². The Morgan fingerprint density at radius 2 is 1.93 bits per heavy atom. The molecule has 1 atom stereocenters. The third kappa shape index (κ3) is 3.38. The molecule has 0 aliphatic carbocycles. The number of carbonyl (C=O) groups excluding carboxylic acids is 1. The second-order valence-corrected chi connectivity index (χ2v) is 4.28. The molecule has 0 radical (unpaired) electrons. The number of ketones is 1. The summed E-state index contributed by atoms with van der Waals surface area (Å²) >= 11 is 4.06. The van der Waals surface area contributed by atoms with Crippen molar-refractivity contribution < 1.29 is 4.79 Å². The summed E-state index contributed by atoms with van der Waals surface area (Å²) in [6.45, 7) is 4.37. The first-order chi connectivity index (χ1) is 7.19. The van der Waals surface area contributed by atoms with Crippen LogP contribution in [0.3, 0.4) is 0 Å². The van der Waals surface area contributed by atoms with Gasteiger partial charge in [0.1, 0.15) is 0 Å². The van der Waals surface area contributed by atoms with Crippen molar-refractivity contribution in [1.82, 2.24) is 0 Å². The smallest absolute Gasteiger partial charge is 0.163 e. The van der Waals surface area contributed by atoms with E-state index in [0.29, 0.717) is 18.1 Å². The van der Waals surface area contributed by atoms with Gasteiger partial charge in [0.2, 0.25) is 0 Å². The highest BCUT2D eigenvalue weighted by Gasteiger charge is 2.06. The highest BCUT2D eigenvalue weighted by molar-refractivity contribution is 7.80. The molecule has 0 spiro atoms. The normalized spacial score (nSPS) is 12.5. The molecule has 0 bridgehead atoms. The first kappa shape index (κ1) is 12.3. The fourth-order valence-electron chi connectivity index (χ4n) is 1.48. The van der Waals surface area contributed by atoms with Gasteiger partial charge in [-0.15, -0.1) is 0 Å². The molecule has 0 amide bonds. The molecular weight excluding hydrogens is 204 g/mol. The molecule has 1 aromatic rings. The van der Waals surface area contributed by atoms with Crippen molar-refractivity contribution in [3.05, 3.63) is 35.4 Å². The van der Waals surface area contributed by atoms with E-state index >= 15 is 0 Å². The standard InChI is InChI=1S/C13H18OS/c1-3-10(2)11-4-6-12(7-5-11)13(14)8-9-15/h4-7,10,15H,3,8-9H2,1-2H3. The van der Waals surface area contributed by atoms with Crippen LogP contribution >= 0.6 is 12.6 Å². The molecular formula is C13H18OS. The Bertz CT molecular complexity index is 316. The van der Waals surface area contributed by atoms with E-state index < -0.39 is 0 Å². The highest BCUT2D eigenvalue weighted by atomic mass is 32.1. The van der Waals surface area contributed by atoms with Crippen LogP contribution in [0.25, 0.3) is 0 Å². The molecule has 1 unspecified atom stereocenters. The summed E-state index contributed by atoms with van der Waals surface area (Å²) in [5.41, 5.74) is 2.11. The van der Waals surface area contributed by atoms with Crippen LogP contribution in [0.4, 0.5) is 0 Å². The first-order valence-electron chi connectivity index (χ1n) is 5.43. The highest BCUT2D eigenvalue weighted by Crippen LogP contribution is 2.19. The second-order valence-electron chi connectivity index (χ2n) is 3.83. The van der Waals surface area contributed by atoms with E-state index in [2.05, 4.69) is 38.6 Å². The van der Waals surface area contributed by atoms with Crippen LogP contribution in [-0.2, 0) is 0 Å². The summed E-state index contributed by atoms with van der Waals surface area (Å²) in [7, 11) is 0. The quantitative estimate of drug-likeness (QED) is 0.594. The lowest BCUT2D eigenvalue weighted by molar-refractivity contribution is 0.0989. The lowest BCUT2D eigenvalue weighted by atomic mass is 9.96. The molecule has 0 aliphatic rings. The molecule has 1 nitrogen and oxygen atoms in total. The zero-order chi connectivity index (χ0) is 11.3. The van der Waals surface area contributed by atoms with Crippen LogP contribution in [-0.4, -0.2) is 11.5 Å². The molecule has 0 saturated carbocycles. The van der Waals surface area contributed by atoms with Gasteiger partial charge in [0.05, 0.1) is 0 Å². The minimum atomic E-state index is 0.181. The van der Waals surface area contributed by atoms with Crippen LogP contribution < -0.4 is 0 Å². The molecule has 1 aromatic carbocycles. The predicted octanol–water partition coefficient (Wildman–Crippen LogP) is 3.70. The number of rotatable bonds is 5. The van der Waals surface area contributed by atoms with Gasteiger partial charge in [-0.3, -0.25) is 4.79 Å². The lowest BCUT2D eigenvalue weighted by Gasteiger charge is -2.09. The maximum Gasteiger partial charge on any atom is 0.163 e. The summed E-state index contributed by atoms with van der Waals surface area (Å²) in [5, 5.41) is 0. The number of hydrogen-bond acceptors (Lipinski definition) is 2. The summed E-state index contributed by atoms with van der Waals surface area (Å²) in [6.07, 6.45) is 1.65. The summed E-state index contributed by atoms with van der Waals surface area (Å²) < 4.78 is 0. The third-order valence-corrected chi connectivity index (χ3v) is 2.98. The molecule has 1 rings (SSSR count). The van der Waals surface area contributed by atoms with Crippen LogP contribution in [0.2, 0.25) is 0 Å². The van der Waals surface area contributed by atoms with Gasteiger partial charge in [-0.25, -0.2) is 0 Å². The fraction of sp³-hybridized carbons (Fsp3) is 0.462. The van der Waals surface area contributed by atoms with Crippen molar-refractivity contribution in [3.8, 4) is 0 Å². The van der Waals surface area contributed by atoms with Gasteiger partial charge < -0.3 is 0 Å². The molecule has 0 saturated heterocycles. The zero-order valence-electron chi connectivity index (χ0n) is 9.36. The van der Waals surface area contributed by atoms with Gasteiger partial charge in [0.25, 0.3) is 0 Å². The van der Waals surface area contributed by atoms with Gasteiger partial charge in [-0.05, 0) is 23.7 Å². The SMILES string of the molecule is CCC(C)c1ccc(C(=O)CCS)cc1. The van der Waals surface area contributed by atoms with Crippen molar-refractivity contribution in [1.29, 1.82) is 0 Å². The van der Waals surface area contributed by atoms with Gasteiger partial charge in [0, 0.05) is 12.0 Å². The number of carbonyl (C=O) groups is 1. The number of hydrogen-bond donors (Lipinski definition) is 1. The number of thiol groups is 1. The molecule has 0 heterocycles. The van der Waals surface area contributed by atoms with E-state index in [1.807, 2.05) is 12.1 Å². The van der Waals surface area contributed by atoms with Crippen molar-refractivity contribution >= 4 is 18.4 Å². The largest absolute Gasteiger partial charge is 0.294 e. The van der Waals surface area contributed by atoms with E-state index in [-0.39, 0.29) is 5.78 Å². The topological polar surface area (TPSA) is 17.1 Å². The fourth-order valence-corrected chi connectivity index (χ4v) is 1.68. The van der Waals surface area contributed by atoms with Crippen molar-refractivity contribution in [2.24, 2.45) is 0 Å².